The number of hydrogen-bond acceptors (Lipinski definition) is 2. The summed E-state index contributed by atoms with van der Waals surface area (Å²) < 4.78 is 32.8. The molecular formula is C18H19F2NO. The minimum Gasteiger partial charge on any atom is -0.485 e. The lowest BCUT2D eigenvalue weighted by molar-refractivity contribution is 0.112. The minimum absolute atomic E-state index is 0.190. The molecule has 1 heterocycles. The van der Waals surface area contributed by atoms with Gasteiger partial charge in [0.25, 0.3) is 0 Å². The molecule has 0 amide bonds. The third kappa shape index (κ3) is 3.63. The summed E-state index contributed by atoms with van der Waals surface area (Å²) in [7, 11) is 0. The first-order chi connectivity index (χ1) is 10.7. The second-order valence-electron chi connectivity index (χ2n) is 5.64. The maximum absolute atomic E-state index is 13.4. The van der Waals surface area contributed by atoms with Crippen LogP contribution in [-0.2, 0) is 0 Å². The second-order valence-corrected chi connectivity index (χ2v) is 5.64. The molecule has 0 unspecified atom stereocenters. The molecule has 116 valence electrons. The van der Waals surface area contributed by atoms with Crippen LogP contribution in [0.15, 0.2) is 48.5 Å². The van der Waals surface area contributed by atoms with Crippen molar-refractivity contribution < 1.29 is 13.5 Å². The molecule has 2 nitrogen and oxygen atoms in total. The molecule has 0 saturated carbocycles. The van der Waals surface area contributed by atoms with Crippen molar-refractivity contribution >= 4 is 0 Å². The number of hydrogen-bond donors (Lipinski definition) is 1. The van der Waals surface area contributed by atoms with Gasteiger partial charge in [0.15, 0.2) is 0 Å². The SMILES string of the molecule is Fc1cc(F)cc(O[C@@H](c2ccccc2)C2CCNCC2)c1. The van der Waals surface area contributed by atoms with Gasteiger partial charge in [-0.1, -0.05) is 30.3 Å². The zero-order valence-corrected chi connectivity index (χ0v) is 12.3. The van der Waals surface area contributed by atoms with Gasteiger partial charge in [-0.15, -0.1) is 0 Å². The van der Waals surface area contributed by atoms with E-state index in [1.807, 2.05) is 30.3 Å². The van der Waals surface area contributed by atoms with Crippen molar-refractivity contribution in [3.05, 3.63) is 65.7 Å². The minimum atomic E-state index is -0.618. The standard InChI is InChI=1S/C18H19F2NO/c19-15-10-16(20)12-17(11-15)22-18(13-4-2-1-3-5-13)14-6-8-21-9-7-14/h1-5,10-12,14,18,21H,6-9H2/t18-/m0/s1. The molecule has 0 aromatic heterocycles. The van der Waals surface area contributed by atoms with E-state index in [1.165, 1.54) is 12.1 Å². The monoisotopic (exact) mass is 303 g/mol. The molecule has 1 N–H and O–H groups in total. The van der Waals surface area contributed by atoms with E-state index in [4.69, 9.17) is 4.74 Å². The highest BCUT2D eigenvalue weighted by molar-refractivity contribution is 5.26. The van der Waals surface area contributed by atoms with E-state index in [-0.39, 0.29) is 11.9 Å². The summed E-state index contributed by atoms with van der Waals surface area (Å²) in [4.78, 5) is 0. The van der Waals surface area contributed by atoms with Crippen LogP contribution in [0, 0.1) is 17.6 Å². The topological polar surface area (TPSA) is 21.3 Å². The molecule has 0 aliphatic carbocycles. The van der Waals surface area contributed by atoms with E-state index in [9.17, 15) is 8.78 Å². The van der Waals surface area contributed by atoms with Gasteiger partial charge in [0.2, 0.25) is 0 Å². The molecule has 1 aliphatic rings. The van der Waals surface area contributed by atoms with Crippen LogP contribution in [0.1, 0.15) is 24.5 Å². The lowest BCUT2D eigenvalue weighted by Crippen LogP contribution is -2.32. The molecule has 1 saturated heterocycles. The van der Waals surface area contributed by atoms with Gasteiger partial charge in [-0.2, -0.15) is 0 Å². The molecular weight excluding hydrogens is 284 g/mol. The van der Waals surface area contributed by atoms with Gasteiger partial charge in [-0.25, -0.2) is 8.78 Å². The summed E-state index contributed by atoms with van der Waals surface area (Å²) in [5.74, 6) is -0.667. The van der Waals surface area contributed by atoms with E-state index < -0.39 is 11.6 Å². The maximum Gasteiger partial charge on any atom is 0.129 e. The van der Waals surface area contributed by atoms with Gasteiger partial charge < -0.3 is 10.1 Å². The molecule has 0 spiro atoms. The highest BCUT2D eigenvalue weighted by atomic mass is 19.1. The zero-order chi connectivity index (χ0) is 15.4. The number of halogens is 2. The maximum atomic E-state index is 13.4. The normalized spacial score (nSPS) is 17.2. The molecule has 4 heteroatoms. The second kappa shape index (κ2) is 6.88. The number of piperidine rings is 1. The third-order valence-electron chi connectivity index (χ3n) is 4.04. The van der Waals surface area contributed by atoms with Gasteiger partial charge >= 0.3 is 0 Å². The van der Waals surface area contributed by atoms with Crippen LogP contribution in [0.3, 0.4) is 0 Å². The molecule has 0 bridgehead atoms. The first-order valence-corrected chi connectivity index (χ1v) is 7.61. The Kier molecular flexibility index (Phi) is 4.68. The summed E-state index contributed by atoms with van der Waals surface area (Å²) >= 11 is 0. The van der Waals surface area contributed by atoms with E-state index in [0.29, 0.717) is 5.92 Å². The Morgan fingerprint density at radius 3 is 2.23 bits per heavy atom. The predicted octanol–water partition coefficient (Wildman–Crippen LogP) is 4.08. The van der Waals surface area contributed by atoms with Gasteiger partial charge in [-0.3, -0.25) is 0 Å². The molecule has 2 aromatic carbocycles. The summed E-state index contributed by atoms with van der Waals surface area (Å²) in [5.41, 5.74) is 1.04. The van der Waals surface area contributed by atoms with Gasteiger partial charge in [0.05, 0.1) is 0 Å². The molecule has 0 radical (unpaired) electrons. The fourth-order valence-electron chi connectivity index (χ4n) is 2.97. The van der Waals surface area contributed by atoms with Crippen LogP contribution < -0.4 is 10.1 Å². The van der Waals surface area contributed by atoms with E-state index in [0.717, 1.165) is 37.6 Å². The van der Waals surface area contributed by atoms with Crippen LogP contribution in [0.25, 0.3) is 0 Å². The van der Waals surface area contributed by atoms with Crippen LogP contribution in [0.2, 0.25) is 0 Å². The summed E-state index contributed by atoms with van der Waals surface area (Å²) in [6.07, 6.45) is 1.78. The Hall–Kier alpha value is -1.94. The lowest BCUT2D eigenvalue weighted by atomic mass is 9.88. The average molecular weight is 303 g/mol. The molecule has 2 aromatic rings. The predicted molar refractivity (Wildman–Crippen MR) is 81.8 cm³/mol. The van der Waals surface area contributed by atoms with Gasteiger partial charge in [-0.05, 0) is 31.5 Å². The van der Waals surface area contributed by atoms with Crippen molar-refractivity contribution in [2.75, 3.05) is 13.1 Å². The fraction of sp³-hybridized carbons (Fsp3) is 0.333. The molecule has 22 heavy (non-hydrogen) atoms. The highest BCUT2D eigenvalue weighted by Gasteiger charge is 2.27. The molecule has 1 atom stereocenters. The zero-order valence-electron chi connectivity index (χ0n) is 12.3. The Labute approximate surface area is 129 Å². The van der Waals surface area contributed by atoms with Gasteiger partial charge in [0.1, 0.15) is 23.5 Å². The van der Waals surface area contributed by atoms with Crippen LogP contribution >= 0.6 is 0 Å². The summed E-state index contributed by atoms with van der Waals surface area (Å²) in [6.45, 7) is 1.88. The number of nitrogens with one attached hydrogen (secondary N) is 1. The van der Waals surface area contributed by atoms with Crippen molar-refractivity contribution in [2.24, 2.45) is 5.92 Å². The molecule has 1 fully saturated rings. The number of ether oxygens (including phenoxy) is 1. The first-order valence-electron chi connectivity index (χ1n) is 7.61. The van der Waals surface area contributed by atoms with Crippen molar-refractivity contribution in [1.82, 2.24) is 5.32 Å². The number of rotatable bonds is 4. The van der Waals surface area contributed by atoms with Crippen LogP contribution in [0.5, 0.6) is 5.75 Å². The van der Waals surface area contributed by atoms with Crippen molar-refractivity contribution in [3.63, 3.8) is 0 Å². The largest absolute Gasteiger partial charge is 0.485 e. The van der Waals surface area contributed by atoms with Crippen LogP contribution in [0.4, 0.5) is 8.78 Å². The molecule has 3 rings (SSSR count). The Bertz CT molecular complexity index is 591. The summed E-state index contributed by atoms with van der Waals surface area (Å²) in [5, 5.41) is 3.33. The first kappa shape index (κ1) is 15.0. The Balaban J connectivity index is 1.87. The van der Waals surface area contributed by atoms with Gasteiger partial charge in [0, 0.05) is 24.1 Å². The fourth-order valence-corrected chi connectivity index (χ4v) is 2.97. The molecule has 1 aliphatic heterocycles. The highest BCUT2D eigenvalue weighted by Crippen LogP contribution is 2.33. The van der Waals surface area contributed by atoms with E-state index in [2.05, 4.69) is 5.32 Å². The summed E-state index contributed by atoms with van der Waals surface area (Å²) in [6, 6.07) is 13.2. The Morgan fingerprint density at radius 2 is 1.59 bits per heavy atom. The quantitative estimate of drug-likeness (QED) is 0.919. The Morgan fingerprint density at radius 1 is 0.955 bits per heavy atom. The van der Waals surface area contributed by atoms with Crippen LogP contribution in [-0.4, -0.2) is 13.1 Å². The van der Waals surface area contributed by atoms with Crippen molar-refractivity contribution in [2.45, 2.75) is 18.9 Å². The van der Waals surface area contributed by atoms with E-state index in [1.54, 1.807) is 0 Å². The average Bonchev–Trinajstić information content (AvgIpc) is 2.53. The van der Waals surface area contributed by atoms with Crippen molar-refractivity contribution in [1.29, 1.82) is 0 Å². The van der Waals surface area contributed by atoms with E-state index >= 15 is 0 Å². The lowest BCUT2D eigenvalue weighted by Gasteiger charge is -2.31. The third-order valence-corrected chi connectivity index (χ3v) is 4.04. The number of benzene rings is 2. The smallest absolute Gasteiger partial charge is 0.129 e. The van der Waals surface area contributed by atoms with Crippen molar-refractivity contribution in [3.8, 4) is 5.75 Å².